The van der Waals surface area contributed by atoms with Gasteiger partial charge in [-0.3, -0.25) is 24.3 Å². The van der Waals surface area contributed by atoms with Crippen LogP contribution < -0.4 is 10.1 Å². The summed E-state index contributed by atoms with van der Waals surface area (Å²) >= 11 is 0.902. The van der Waals surface area contributed by atoms with Crippen molar-refractivity contribution < 1.29 is 19.1 Å². The van der Waals surface area contributed by atoms with Crippen molar-refractivity contribution in [3.05, 3.63) is 64.8 Å². The summed E-state index contributed by atoms with van der Waals surface area (Å²) in [4.78, 5) is 42.1. The molecule has 7 nitrogen and oxygen atoms in total. The molecule has 156 valence electrons. The van der Waals surface area contributed by atoms with E-state index in [-0.39, 0.29) is 30.0 Å². The van der Waals surface area contributed by atoms with E-state index in [1.807, 2.05) is 31.2 Å². The van der Waals surface area contributed by atoms with Gasteiger partial charge in [0, 0.05) is 31.9 Å². The first-order valence-electron chi connectivity index (χ1n) is 9.64. The van der Waals surface area contributed by atoms with E-state index >= 15 is 0 Å². The Hall–Kier alpha value is -3.13. The first-order chi connectivity index (χ1) is 14.5. The highest BCUT2D eigenvalue weighted by atomic mass is 32.2. The number of hydrogen-bond acceptors (Lipinski definition) is 6. The molecular formula is C22H23N3O4S. The van der Waals surface area contributed by atoms with Crippen LogP contribution >= 0.6 is 11.8 Å². The zero-order valence-corrected chi connectivity index (χ0v) is 17.5. The Balaban J connectivity index is 1.40. The fourth-order valence-electron chi connectivity index (χ4n) is 2.83. The first-order valence-corrected chi connectivity index (χ1v) is 10.5. The van der Waals surface area contributed by atoms with Crippen LogP contribution in [0.3, 0.4) is 0 Å². The number of aromatic nitrogens is 1. The van der Waals surface area contributed by atoms with Crippen LogP contribution in [0.25, 0.3) is 6.08 Å². The lowest BCUT2D eigenvalue weighted by molar-refractivity contribution is -0.124. The van der Waals surface area contributed by atoms with Gasteiger partial charge in [0.05, 0.1) is 11.5 Å². The molecule has 0 atom stereocenters. The van der Waals surface area contributed by atoms with Crippen LogP contribution in [0, 0.1) is 6.92 Å². The molecule has 1 aliphatic heterocycles. The standard InChI is InChI=1S/C22H23N3O4S/c1-16-4-2-5-17(14-16)15-19-21(27)25(22(28)30-19)12-8-20(26)24-9-3-13-29-18-6-10-23-11-7-18/h2,4-7,10-11,14-15H,3,8-9,12-13H2,1H3,(H,24,26)/b19-15-. The van der Waals surface area contributed by atoms with Crippen LogP contribution in [0.4, 0.5) is 4.79 Å². The zero-order valence-electron chi connectivity index (χ0n) is 16.7. The second-order valence-electron chi connectivity index (χ2n) is 6.73. The second kappa shape index (κ2) is 10.6. The molecule has 1 fully saturated rings. The predicted octanol–water partition coefficient (Wildman–Crippen LogP) is 3.40. The van der Waals surface area contributed by atoms with Gasteiger partial charge in [-0.25, -0.2) is 0 Å². The van der Waals surface area contributed by atoms with Crippen LogP contribution in [0.2, 0.25) is 0 Å². The monoisotopic (exact) mass is 425 g/mol. The lowest BCUT2D eigenvalue weighted by atomic mass is 10.1. The quantitative estimate of drug-likeness (QED) is 0.489. The van der Waals surface area contributed by atoms with Crippen LogP contribution in [-0.4, -0.2) is 46.6 Å². The van der Waals surface area contributed by atoms with Gasteiger partial charge in [-0.1, -0.05) is 29.8 Å². The topological polar surface area (TPSA) is 88.6 Å². The summed E-state index contributed by atoms with van der Waals surface area (Å²) in [5.74, 6) is 0.167. The summed E-state index contributed by atoms with van der Waals surface area (Å²) in [6.45, 7) is 2.96. The summed E-state index contributed by atoms with van der Waals surface area (Å²) < 4.78 is 5.53. The van der Waals surface area contributed by atoms with Crippen molar-refractivity contribution in [3.8, 4) is 5.75 Å². The predicted molar refractivity (Wildman–Crippen MR) is 116 cm³/mol. The summed E-state index contributed by atoms with van der Waals surface area (Å²) in [5.41, 5.74) is 1.94. The van der Waals surface area contributed by atoms with Gasteiger partial charge in [0.25, 0.3) is 11.1 Å². The molecular weight excluding hydrogens is 402 g/mol. The number of imide groups is 1. The summed E-state index contributed by atoms with van der Waals surface area (Å²) in [6, 6.07) is 11.2. The Bertz CT molecular complexity index is 946. The number of carbonyl (C=O) groups excluding carboxylic acids is 3. The highest BCUT2D eigenvalue weighted by molar-refractivity contribution is 8.18. The molecule has 8 heteroatoms. The average molecular weight is 426 g/mol. The highest BCUT2D eigenvalue weighted by Gasteiger charge is 2.34. The maximum Gasteiger partial charge on any atom is 0.293 e. The molecule has 0 saturated carbocycles. The molecule has 0 radical (unpaired) electrons. The average Bonchev–Trinajstić information content (AvgIpc) is 2.99. The Morgan fingerprint density at radius 2 is 2.03 bits per heavy atom. The van der Waals surface area contributed by atoms with Crippen molar-refractivity contribution in [2.24, 2.45) is 0 Å². The third kappa shape index (κ3) is 6.18. The molecule has 0 bridgehead atoms. The van der Waals surface area contributed by atoms with Gasteiger partial charge in [-0.15, -0.1) is 0 Å². The van der Waals surface area contributed by atoms with Crippen LogP contribution in [0.5, 0.6) is 5.75 Å². The molecule has 1 N–H and O–H groups in total. The maximum absolute atomic E-state index is 12.5. The van der Waals surface area contributed by atoms with Gasteiger partial charge in [-0.05, 0) is 48.9 Å². The van der Waals surface area contributed by atoms with Crippen molar-refractivity contribution >= 4 is 34.9 Å². The fraction of sp³-hybridized carbons (Fsp3) is 0.273. The highest BCUT2D eigenvalue weighted by Crippen LogP contribution is 2.32. The van der Waals surface area contributed by atoms with Crippen molar-refractivity contribution in [2.75, 3.05) is 19.7 Å². The number of ether oxygens (including phenoxy) is 1. The number of rotatable bonds is 9. The fourth-order valence-corrected chi connectivity index (χ4v) is 3.70. The Morgan fingerprint density at radius 1 is 1.23 bits per heavy atom. The molecule has 30 heavy (non-hydrogen) atoms. The van der Waals surface area contributed by atoms with Crippen LogP contribution in [0.15, 0.2) is 53.7 Å². The molecule has 2 heterocycles. The van der Waals surface area contributed by atoms with Crippen molar-refractivity contribution in [3.63, 3.8) is 0 Å². The van der Waals surface area contributed by atoms with Crippen molar-refractivity contribution in [1.82, 2.24) is 15.2 Å². The van der Waals surface area contributed by atoms with E-state index in [1.54, 1.807) is 30.6 Å². The lowest BCUT2D eigenvalue weighted by Crippen LogP contribution is -2.34. The lowest BCUT2D eigenvalue weighted by Gasteiger charge is -2.12. The smallest absolute Gasteiger partial charge is 0.293 e. The van der Waals surface area contributed by atoms with Gasteiger partial charge >= 0.3 is 0 Å². The number of amides is 3. The third-order valence-corrected chi connectivity index (χ3v) is 5.25. The van der Waals surface area contributed by atoms with Crippen molar-refractivity contribution in [2.45, 2.75) is 19.8 Å². The zero-order chi connectivity index (χ0) is 21.3. The van der Waals surface area contributed by atoms with E-state index in [4.69, 9.17) is 4.74 Å². The molecule has 1 aliphatic rings. The number of carbonyl (C=O) groups is 3. The number of aryl methyl sites for hydroxylation is 1. The normalized spacial score (nSPS) is 15.0. The third-order valence-electron chi connectivity index (χ3n) is 4.34. The maximum atomic E-state index is 12.5. The molecule has 1 saturated heterocycles. The minimum absolute atomic E-state index is 0.0647. The van der Waals surface area contributed by atoms with Gasteiger partial charge in [0.1, 0.15) is 5.75 Å². The van der Waals surface area contributed by atoms with E-state index in [0.29, 0.717) is 24.5 Å². The number of benzene rings is 1. The largest absolute Gasteiger partial charge is 0.493 e. The second-order valence-corrected chi connectivity index (χ2v) is 7.73. The number of nitrogens with zero attached hydrogens (tertiary/aromatic N) is 2. The van der Waals surface area contributed by atoms with Crippen LogP contribution in [0.1, 0.15) is 24.0 Å². The van der Waals surface area contributed by atoms with Gasteiger partial charge < -0.3 is 10.1 Å². The van der Waals surface area contributed by atoms with Gasteiger partial charge in [0.15, 0.2) is 0 Å². The molecule has 1 aromatic heterocycles. The van der Waals surface area contributed by atoms with E-state index in [2.05, 4.69) is 10.3 Å². The van der Waals surface area contributed by atoms with Crippen molar-refractivity contribution in [1.29, 1.82) is 0 Å². The number of hydrogen-bond donors (Lipinski definition) is 1. The van der Waals surface area contributed by atoms with E-state index in [9.17, 15) is 14.4 Å². The molecule has 1 aromatic carbocycles. The Morgan fingerprint density at radius 3 is 2.80 bits per heavy atom. The number of nitrogens with one attached hydrogen (secondary N) is 1. The minimum Gasteiger partial charge on any atom is -0.493 e. The summed E-state index contributed by atoms with van der Waals surface area (Å²) in [6.07, 6.45) is 5.73. The SMILES string of the molecule is Cc1cccc(/C=C2\SC(=O)N(CCC(=O)NCCCOc3ccncc3)C2=O)c1. The molecule has 0 spiro atoms. The van der Waals surface area contributed by atoms with Gasteiger partial charge in [0.2, 0.25) is 5.91 Å². The van der Waals surface area contributed by atoms with Crippen LogP contribution in [-0.2, 0) is 9.59 Å². The van der Waals surface area contributed by atoms with E-state index in [0.717, 1.165) is 33.5 Å². The number of thioether (sulfide) groups is 1. The first kappa shape index (κ1) is 21.6. The van der Waals surface area contributed by atoms with Gasteiger partial charge in [-0.2, -0.15) is 0 Å². The Kier molecular flexibility index (Phi) is 7.62. The van der Waals surface area contributed by atoms with E-state index < -0.39 is 0 Å². The summed E-state index contributed by atoms with van der Waals surface area (Å²) in [7, 11) is 0. The van der Waals surface area contributed by atoms with E-state index in [1.165, 1.54) is 0 Å². The molecule has 3 rings (SSSR count). The molecule has 3 amide bonds. The molecule has 0 unspecified atom stereocenters. The number of pyridine rings is 1. The summed E-state index contributed by atoms with van der Waals surface area (Å²) in [5, 5.41) is 2.43. The molecule has 2 aromatic rings. The molecule has 0 aliphatic carbocycles. The Labute approximate surface area is 179 Å². The minimum atomic E-state index is -0.356.